The normalized spacial score (nSPS) is 18.9. The molecule has 1 saturated heterocycles. The van der Waals surface area contributed by atoms with Gasteiger partial charge in [0.2, 0.25) is 5.95 Å². The van der Waals surface area contributed by atoms with Crippen LogP contribution in [0.25, 0.3) is 0 Å². The van der Waals surface area contributed by atoms with Crippen molar-refractivity contribution in [2.75, 3.05) is 30.8 Å². The molecule has 1 aliphatic heterocycles. The molecule has 0 unspecified atom stereocenters. The first-order valence-corrected chi connectivity index (χ1v) is 8.82. The standard InChI is InChI=1S/C17H23N7O/c1-23-9-5-13(6-10-23)24-11-7-15(22-24)20-17(25)21-16-18-8-4-14(19-16)12-2-3-12/h4,7-8,11-13H,2-3,5-6,9-10H2,1H3,(H2,18,19,20,21,22,25). The van der Waals surface area contributed by atoms with Gasteiger partial charge in [0, 0.05) is 30.1 Å². The molecule has 2 fully saturated rings. The highest BCUT2D eigenvalue weighted by molar-refractivity contribution is 5.97. The molecule has 2 aliphatic rings. The highest BCUT2D eigenvalue weighted by Gasteiger charge is 2.25. The highest BCUT2D eigenvalue weighted by atomic mass is 16.2. The van der Waals surface area contributed by atoms with E-state index in [1.807, 2.05) is 23.0 Å². The molecule has 3 heterocycles. The van der Waals surface area contributed by atoms with Crippen LogP contribution in [0, 0.1) is 0 Å². The van der Waals surface area contributed by atoms with Gasteiger partial charge in [-0.15, -0.1) is 0 Å². The van der Waals surface area contributed by atoms with E-state index in [0.717, 1.165) is 44.5 Å². The summed E-state index contributed by atoms with van der Waals surface area (Å²) < 4.78 is 1.95. The Morgan fingerprint density at radius 3 is 2.72 bits per heavy atom. The molecule has 0 radical (unpaired) electrons. The van der Waals surface area contributed by atoms with Gasteiger partial charge in [-0.2, -0.15) is 5.10 Å². The molecule has 1 aliphatic carbocycles. The fourth-order valence-corrected chi connectivity index (χ4v) is 3.16. The van der Waals surface area contributed by atoms with Crippen LogP contribution in [0.4, 0.5) is 16.6 Å². The average Bonchev–Trinajstić information content (AvgIpc) is 3.36. The molecule has 132 valence electrons. The van der Waals surface area contributed by atoms with Gasteiger partial charge in [0.25, 0.3) is 0 Å². The van der Waals surface area contributed by atoms with Crippen LogP contribution in [-0.2, 0) is 0 Å². The third-order valence-electron chi connectivity index (χ3n) is 4.81. The number of carbonyl (C=O) groups is 1. The van der Waals surface area contributed by atoms with Crippen molar-refractivity contribution in [1.82, 2.24) is 24.6 Å². The topological polar surface area (TPSA) is 88.0 Å². The van der Waals surface area contributed by atoms with Crippen molar-refractivity contribution in [2.24, 2.45) is 0 Å². The summed E-state index contributed by atoms with van der Waals surface area (Å²) >= 11 is 0. The Labute approximate surface area is 146 Å². The Morgan fingerprint density at radius 2 is 1.96 bits per heavy atom. The summed E-state index contributed by atoms with van der Waals surface area (Å²) in [5, 5.41) is 9.91. The molecule has 8 nitrogen and oxygen atoms in total. The molecule has 2 amide bonds. The minimum absolute atomic E-state index is 0.330. The number of nitrogens with zero attached hydrogens (tertiary/aromatic N) is 5. The first-order chi connectivity index (χ1) is 12.2. The number of hydrogen-bond donors (Lipinski definition) is 2. The van der Waals surface area contributed by atoms with Crippen molar-refractivity contribution in [3.8, 4) is 0 Å². The van der Waals surface area contributed by atoms with Crippen LogP contribution in [0.3, 0.4) is 0 Å². The molecule has 1 saturated carbocycles. The minimum atomic E-state index is -0.374. The van der Waals surface area contributed by atoms with E-state index in [9.17, 15) is 4.79 Å². The first-order valence-electron chi connectivity index (χ1n) is 8.82. The molecule has 0 spiro atoms. The lowest BCUT2D eigenvalue weighted by molar-refractivity contribution is 0.212. The molecule has 0 bridgehead atoms. The zero-order valence-electron chi connectivity index (χ0n) is 14.4. The second-order valence-electron chi connectivity index (χ2n) is 6.87. The lowest BCUT2D eigenvalue weighted by Gasteiger charge is -2.28. The number of nitrogens with one attached hydrogen (secondary N) is 2. The van der Waals surface area contributed by atoms with Crippen molar-refractivity contribution < 1.29 is 4.79 Å². The van der Waals surface area contributed by atoms with Gasteiger partial charge in [0.05, 0.1) is 6.04 Å². The maximum Gasteiger partial charge on any atom is 0.327 e. The van der Waals surface area contributed by atoms with Gasteiger partial charge < -0.3 is 4.90 Å². The van der Waals surface area contributed by atoms with Crippen LogP contribution in [-0.4, -0.2) is 50.8 Å². The van der Waals surface area contributed by atoms with E-state index in [0.29, 0.717) is 23.7 Å². The Morgan fingerprint density at radius 1 is 1.16 bits per heavy atom. The van der Waals surface area contributed by atoms with Crippen LogP contribution in [0.1, 0.15) is 43.3 Å². The van der Waals surface area contributed by atoms with Gasteiger partial charge in [0.15, 0.2) is 5.82 Å². The number of carbonyl (C=O) groups excluding carboxylic acids is 1. The van der Waals surface area contributed by atoms with E-state index in [-0.39, 0.29) is 6.03 Å². The Hall–Kier alpha value is -2.48. The number of piperidine rings is 1. The Bertz CT molecular complexity index is 747. The van der Waals surface area contributed by atoms with Crippen LogP contribution >= 0.6 is 0 Å². The largest absolute Gasteiger partial charge is 0.327 e. The van der Waals surface area contributed by atoms with Gasteiger partial charge in [-0.1, -0.05) is 0 Å². The summed E-state index contributed by atoms with van der Waals surface area (Å²) in [5.74, 6) is 1.39. The molecule has 2 N–H and O–H groups in total. The van der Waals surface area contributed by atoms with Gasteiger partial charge >= 0.3 is 6.03 Å². The van der Waals surface area contributed by atoms with Gasteiger partial charge in [-0.05, 0) is 51.9 Å². The molecule has 8 heteroatoms. The van der Waals surface area contributed by atoms with E-state index in [1.54, 1.807) is 6.20 Å². The van der Waals surface area contributed by atoms with E-state index >= 15 is 0 Å². The van der Waals surface area contributed by atoms with Crippen LogP contribution in [0.15, 0.2) is 24.5 Å². The molecular weight excluding hydrogens is 318 g/mol. The predicted octanol–water partition coefficient (Wildman–Crippen LogP) is 2.46. The van der Waals surface area contributed by atoms with Crippen molar-refractivity contribution in [3.63, 3.8) is 0 Å². The van der Waals surface area contributed by atoms with E-state index in [2.05, 4.69) is 37.6 Å². The lowest BCUT2D eigenvalue weighted by atomic mass is 10.1. The van der Waals surface area contributed by atoms with Gasteiger partial charge in [-0.25, -0.2) is 14.8 Å². The average molecular weight is 341 g/mol. The van der Waals surface area contributed by atoms with Crippen molar-refractivity contribution in [2.45, 2.75) is 37.6 Å². The summed E-state index contributed by atoms with van der Waals surface area (Å²) in [4.78, 5) is 23.0. The van der Waals surface area contributed by atoms with Crippen molar-refractivity contribution in [1.29, 1.82) is 0 Å². The van der Waals surface area contributed by atoms with Crippen LogP contribution in [0.2, 0.25) is 0 Å². The summed E-state index contributed by atoms with van der Waals surface area (Å²) in [7, 11) is 2.14. The minimum Gasteiger partial charge on any atom is -0.306 e. The third-order valence-corrected chi connectivity index (χ3v) is 4.81. The molecule has 2 aromatic rings. The summed E-state index contributed by atoms with van der Waals surface area (Å²) in [6.45, 7) is 2.14. The zero-order chi connectivity index (χ0) is 17.2. The number of likely N-dealkylation sites (tertiary alicyclic amines) is 1. The van der Waals surface area contributed by atoms with E-state index < -0.39 is 0 Å². The molecule has 4 rings (SSSR count). The first kappa shape index (κ1) is 16.0. The van der Waals surface area contributed by atoms with E-state index in [1.165, 1.54) is 0 Å². The van der Waals surface area contributed by atoms with Crippen molar-refractivity contribution in [3.05, 3.63) is 30.2 Å². The maximum atomic E-state index is 12.1. The van der Waals surface area contributed by atoms with E-state index in [4.69, 9.17) is 0 Å². The fraction of sp³-hybridized carbons (Fsp3) is 0.529. The number of anilines is 2. The quantitative estimate of drug-likeness (QED) is 0.892. The van der Waals surface area contributed by atoms with Gasteiger partial charge in [-0.3, -0.25) is 15.3 Å². The second kappa shape index (κ2) is 6.79. The number of hydrogen-bond acceptors (Lipinski definition) is 5. The second-order valence-corrected chi connectivity index (χ2v) is 6.87. The summed E-state index contributed by atoms with van der Waals surface area (Å²) in [6, 6.07) is 3.75. The molecule has 2 aromatic heterocycles. The number of aromatic nitrogens is 4. The van der Waals surface area contributed by atoms with Crippen LogP contribution < -0.4 is 10.6 Å². The maximum absolute atomic E-state index is 12.1. The number of rotatable bonds is 4. The molecule has 0 atom stereocenters. The highest BCUT2D eigenvalue weighted by Crippen LogP contribution is 2.38. The number of urea groups is 1. The van der Waals surface area contributed by atoms with Crippen molar-refractivity contribution >= 4 is 17.8 Å². The summed E-state index contributed by atoms with van der Waals surface area (Å²) in [5.41, 5.74) is 0.997. The number of amides is 2. The van der Waals surface area contributed by atoms with Crippen LogP contribution in [0.5, 0.6) is 0 Å². The smallest absolute Gasteiger partial charge is 0.306 e. The monoisotopic (exact) mass is 341 g/mol. The van der Waals surface area contributed by atoms with Gasteiger partial charge in [0.1, 0.15) is 0 Å². The molecular formula is C17H23N7O. The molecule has 25 heavy (non-hydrogen) atoms. The fourth-order valence-electron chi connectivity index (χ4n) is 3.16. The summed E-state index contributed by atoms with van der Waals surface area (Å²) in [6.07, 6.45) is 8.09. The third kappa shape index (κ3) is 3.96. The Balaban J connectivity index is 1.34. The SMILES string of the molecule is CN1CCC(n2ccc(NC(=O)Nc3nccc(C4CC4)n3)n2)CC1. The molecule has 0 aromatic carbocycles. The zero-order valence-corrected chi connectivity index (χ0v) is 14.4. The lowest BCUT2D eigenvalue weighted by Crippen LogP contribution is -2.31. The predicted molar refractivity (Wildman–Crippen MR) is 94.6 cm³/mol. The Kier molecular flexibility index (Phi) is 4.35.